The molecule has 0 radical (unpaired) electrons. The number of hydrogen-bond acceptors (Lipinski definition) is 3. The van der Waals surface area contributed by atoms with Crippen molar-refractivity contribution in [2.45, 2.75) is 26.2 Å². The number of carbonyl (C=O) groups excluding carboxylic acids is 2. The van der Waals surface area contributed by atoms with Crippen molar-refractivity contribution in [2.75, 3.05) is 0 Å². The van der Waals surface area contributed by atoms with Crippen molar-refractivity contribution in [3.8, 4) is 5.75 Å². The summed E-state index contributed by atoms with van der Waals surface area (Å²) in [6.45, 7) is 1.36. The van der Waals surface area contributed by atoms with E-state index in [9.17, 15) is 9.59 Å². The van der Waals surface area contributed by atoms with E-state index >= 15 is 0 Å². The third-order valence-electron chi connectivity index (χ3n) is 2.07. The summed E-state index contributed by atoms with van der Waals surface area (Å²) in [6.07, 6.45) is 1.93. The molecule has 0 fully saturated rings. The smallest absolute Gasteiger partial charge is 0.308 e. The molecular formula is C12H15NO3. The molecule has 86 valence electrons. The van der Waals surface area contributed by atoms with Crippen LogP contribution in [-0.2, 0) is 16.0 Å². The summed E-state index contributed by atoms with van der Waals surface area (Å²) in [6, 6.07) is 7.22. The van der Waals surface area contributed by atoms with Gasteiger partial charge in [0.05, 0.1) is 0 Å². The minimum atomic E-state index is -0.332. The van der Waals surface area contributed by atoms with Crippen molar-refractivity contribution in [2.24, 2.45) is 5.73 Å². The lowest BCUT2D eigenvalue weighted by Crippen LogP contribution is -2.10. The number of carbonyl (C=O) groups is 2. The predicted molar refractivity (Wildman–Crippen MR) is 59.9 cm³/mol. The number of hydrogen-bond donors (Lipinski definition) is 1. The van der Waals surface area contributed by atoms with Gasteiger partial charge in [-0.1, -0.05) is 12.1 Å². The molecule has 4 heteroatoms. The summed E-state index contributed by atoms with van der Waals surface area (Å²) in [5, 5.41) is 0. The van der Waals surface area contributed by atoms with Gasteiger partial charge < -0.3 is 10.5 Å². The maximum Gasteiger partial charge on any atom is 0.308 e. The van der Waals surface area contributed by atoms with E-state index < -0.39 is 0 Å². The Bertz CT molecular complexity index is 370. The van der Waals surface area contributed by atoms with E-state index in [1.807, 2.05) is 12.1 Å². The normalized spacial score (nSPS) is 9.81. The fourth-order valence-electron chi connectivity index (χ4n) is 1.36. The van der Waals surface area contributed by atoms with E-state index in [-0.39, 0.29) is 11.9 Å². The fraction of sp³-hybridized carbons (Fsp3) is 0.333. The van der Waals surface area contributed by atoms with Gasteiger partial charge in [0.25, 0.3) is 0 Å². The average Bonchev–Trinajstić information content (AvgIpc) is 2.19. The number of primary amides is 1. The molecule has 1 rings (SSSR count). The van der Waals surface area contributed by atoms with Crippen LogP contribution in [0.5, 0.6) is 5.75 Å². The summed E-state index contributed by atoms with van der Waals surface area (Å²) in [5.74, 6) is -0.0795. The molecule has 0 bridgehead atoms. The maximum absolute atomic E-state index is 10.7. The first-order valence-corrected chi connectivity index (χ1v) is 5.13. The summed E-state index contributed by atoms with van der Waals surface area (Å²) in [4.78, 5) is 21.2. The summed E-state index contributed by atoms with van der Waals surface area (Å²) in [7, 11) is 0. The number of nitrogens with two attached hydrogens (primary N) is 1. The lowest BCUT2D eigenvalue weighted by molar-refractivity contribution is -0.131. The zero-order chi connectivity index (χ0) is 12.0. The number of esters is 1. The monoisotopic (exact) mass is 221 g/mol. The predicted octanol–water partition coefficient (Wildman–Crippen LogP) is 1.42. The molecule has 1 amide bonds. The van der Waals surface area contributed by atoms with Crippen molar-refractivity contribution < 1.29 is 14.3 Å². The van der Waals surface area contributed by atoms with Crippen LogP contribution < -0.4 is 10.5 Å². The average molecular weight is 221 g/mol. The van der Waals surface area contributed by atoms with Gasteiger partial charge in [-0.25, -0.2) is 0 Å². The highest BCUT2D eigenvalue weighted by atomic mass is 16.5. The maximum atomic E-state index is 10.7. The van der Waals surface area contributed by atoms with Crippen LogP contribution in [0.15, 0.2) is 24.3 Å². The van der Waals surface area contributed by atoms with Gasteiger partial charge in [-0.15, -0.1) is 0 Å². The second kappa shape index (κ2) is 5.90. The van der Waals surface area contributed by atoms with E-state index in [1.165, 1.54) is 6.92 Å². The number of aryl methyl sites for hydroxylation is 1. The number of benzene rings is 1. The zero-order valence-corrected chi connectivity index (χ0v) is 9.23. The molecule has 2 N–H and O–H groups in total. The van der Waals surface area contributed by atoms with Crippen LogP contribution in [0.1, 0.15) is 25.3 Å². The highest BCUT2D eigenvalue weighted by Crippen LogP contribution is 2.13. The first-order chi connectivity index (χ1) is 7.58. The van der Waals surface area contributed by atoms with E-state index in [2.05, 4.69) is 0 Å². The van der Waals surface area contributed by atoms with Gasteiger partial charge in [-0.3, -0.25) is 9.59 Å². The Labute approximate surface area is 94.4 Å². The number of ether oxygens (including phenoxy) is 1. The molecule has 1 aromatic carbocycles. The SMILES string of the molecule is CC(=O)Oc1ccc(CCCC(N)=O)cc1. The van der Waals surface area contributed by atoms with Gasteiger partial charge in [0.1, 0.15) is 5.75 Å². The summed E-state index contributed by atoms with van der Waals surface area (Å²) in [5.41, 5.74) is 6.13. The highest BCUT2D eigenvalue weighted by molar-refractivity contribution is 5.73. The van der Waals surface area contributed by atoms with Crippen LogP contribution in [0, 0.1) is 0 Å². The lowest BCUT2D eigenvalue weighted by atomic mass is 10.1. The molecule has 16 heavy (non-hydrogen) atoms. The van der Waals surface area contributed by atoms with Crippen LogP contribution in [-0.4, -0.2) is 11.9 Å². The molecule has 0 aromatic heterocycles. The summed E-state index contributed by atoms with van der Waals surface area (Å²) < 4.78 is 4.90. The van der Waals surface area contributed by atoms with Gasteiger partial charge in [0.15, 0.2) is 0 Å². The zero-order valence-electron chi connectivity index (χ0n) is 9.23. The minimum Gasteiger partial charge on any atom is -0.427 e. The van der Waals surface area contributed by atoms with Crippen molar-refractivity contribution >= 4 is 11.9 Å². The largest absolute Gasteiger partial charge is 0.427 e. The molecule has 0 aliphatic rings. The van der Waals surface area contributed by atoms with Gasteiger partial charge in [0, 0.05) is 13.3 Å². The third kappa shape index (κ3) is 4.59. The topological polar surface area (TPSA) is 69.4 Å². The first kappa shape index (κ1) is 12.2. The summed E-state index contributed by atoms with van der Waals surface area (Å²) >= 11 is 0. The Balaban J connectivity index is 2.45. The molecule has 0 aliphatic heterocycles. The third-order valence-corrected chi connectivity index (χ3v) is 2.07. The lowest BCUT2D eigenvalue weighted by Gasteiger charge is -2.03. The number of rotatable bonds is 5. The van der Waals surface area contributed by atoms with E-state index in [1.54, 1.807) is 12.1 Å². The van der Waals surface area contributed by atoms with Gasteiger partial charge >= 0.3 is 5.97 Å². The quantitative estimate of drug-likeness (QED) is 0.604. The Hall–Kier alpha value is -1.84. The van der Waals surface area contributed by atoms with E-state index in [0.717, 1.165) is 18.4 Å². The van der Waals surface area contributed by atoms with Crippen LogP contribution >= 0.6 is 0 Å². The Morgan fingerprint density at radius 2 is 1.88 bits per heavy atom. The molecule has 4 nitrogen and oxygen atoms in total. The van der Waals surface area contributed by atoms with Crippen LogP contribution in [0.2, 0.25) is 0 Å². The molecular weight excluding hydrogens is 206 g/mol. The Kier molecular flexibility index (Phi) is 4.51. The molecule has 0 saturated carbocycles. The van der Waals surface area contributed by atoms with Crippen molar-refractivity contribution in [1.82, 2.24) is 0 Å². The molecule has 0 spiro atoms. The van der Waals surface area contributed by atoms with E-state index in [4.69, 9.17) is 10.5 Å². The molecule has 0 heterocycles. The molecule has 0 unspecified atom stereocenters. The van der Waals surface area contributed by atoms with Crippen LogP contribution in [0.25, 0.3) is 0 Å². The fourth-order valence-corrected chi connectivity index (χ4v) is 1.36. The van der Waals surface area contributed by atoms with E-state index in [0.29, 0.717) is 12.2 Å². The first-order valence-electron chi connectivity index (χ1n) is 5.13. The Morgan fingerprint density at radius 3 is 2.38 bits per heavy atom. The second-order valence-electron chi connectivity index (χ2n) is 3.56. The van der Waals surface area contributed by atoms with Crippen molar-refractivity contribution in [3.63, 3.8) is 0 Å². The van der Waals surface area contributed by atoms with Crippen LogP contribution in [0.3, 0.4) is 0 Å². The minimum absolute atomic E-state index is 0.281. The molecule has 1 aromatic rings. The van der Waals surface area contributed by atoms with Crippen molar-refractivity contribution in [3.05, 3.63) is 29.8 Å². The molecule has 0 saturated heterocycles. The number of amides is 1. The molecule has 0 aliphatic carbocycles. The van der Waals surface area contributed by atoms with Gasteiger partial charge in [-0.2, -0.15) is 0 Å². The standard InChI is InChI=1S/C12H15NO3/c1-9(14)16-11-7-5-10(6-8-11)3-2-4-12(13)15/h5-8H,2-4H2,1H3,(H2,13,15). The Morgan fingerprint density at radius 1 is 1.25 bits per heavy atom. The molecule has 0 atom stereocenters. The van der Waals surface area contributed by atoms with Gasteiger partial charge in [-0.05, 0) is 30.5 Å². The highest BCUT2D eigenvalue weighted by Gasteiger charge is 1.99. The van der Waals surface area contributed by atoms with Crippen LogP contribution in [0.4, 0.5) is 0 Å². The van der Waals surface area contributed by atoms with Crippen molar-refractivity contribution in [1.29, 1.82) is 0 Å². The second-order valence-corrected chi connectivity index (χ2v) is 3.56. The van der Waals surface area contributed by atoms with Gasteiger partial charge in [0.2, 0.25) is 5.91 Å².